The van der Waals surface area contributed by atoms with Crippen LogP contribution in [-0.4, -0.2) is 25.3 Å². The third-order valence-electron chi connectivity index (χ3n) is 1.79. The fourth-order valence-electron chi connectivity index (χ4n) is 1.06. The van der Waals surface area contributed by atoms with Gasteiger partial charge >= 0.3 is 6.09 Å². The van der Waals surface area contributed by atoms with Crippen molar-refractivity contribution in [2.45, 2.75) is 6.92 Å². The van der Waals surface area contributed by atoms with Crippen molar-refractivity contribution in [2.75, 3.05) is 12.4 Å². The molecule has 0 fully saturated rings. The Kier molecular flexibility index (Phi) is 4.68. The number of hydrogen-bond acceptors (Lipinski definition) is 4. The molecule has 0 atom stereocenters. The van der Waals surface area contributed by atoms with Gasteiger partial charge in [-0.1, -0.05) is 12.1 Å². The molecular weight excluding hydrogens is 222 g/mol. The Balaban J connectivity index is 2.56. The van der Waals surface area contributed by atoms with Crippen molar-refractivity contribution in [1.29, 1.82) is 0 Å². The number of nitrogens with zero attached hydrogens (tertiary/aromatic N) is 1. The third kappa shape index (κ3) is 4.78. The molecule has 0 saturated carbocycles. The summed E-state index contributed by atoms with van der Waals surface area (Å²) in [7, 11) is 1.26. The van der Waals surface area contributed by atoms with Crippen LogP contribution in [0.3, 0.4) is 0 Å². The van der Waals surface area contributed by atoms with Gasteiger partial charge in [0, 0.05) is 12.6 Å². The van der Waals surface area contributed by atoms with E-state index >= 15 is 0 Å². The molecule has 1 aromatic rings. The van der Waals surface area contributed by atoms with Crippen LogP contribution in [0.25, 0.3) is 0 Å². The summed E-state index contributed by atoms with van der Waals surface area (Å²) in [6.07, 6.45) is 0.838. The number of benzene rings is 1. The summed E-state index contributed by atoms with van der Waals surface area (Å²) in [6, 6.07) is 6.99. The van der Waals surface area contributed by atoms with Crippen LogP contribution in [0, 0.1) is 0 Å². The zero-order chi connectivity index (χ0) is 12.7. The molecular formula is C11H13N3O3. The minimum atomic E-state index is -0.629. The fraction of sp³-hybridized carbons (Fsp3) is 0.182. The zero-order valence-corrected chi connectivity index (χ0v) is 9.56. The summed E-state index contributed by atoms with van der Waals surface area (Å²) in [5, 5.41) is 6.31. The van der Waals surface area contributed by atoms with Crippen molar-refractivity contribution >= 4 is 23.9 Å². The van der Waals surface area contributed by atoms with Crippen molar-refractivity contribution in [3.05, 3.63) is 29.8 Å². The molecule has 2 amide bonds. The van der Waals surface area contributed by atoms with Gasteiger partial charge in [-0.15, -0.1) is 0 Å². The second kappa shape index (κ2) is 6.26. The Morgan fingerprint density at radius 3 is 2.47 bits per heavy atom. The van der Waals surface area contributed by atoms with Crippen molar-refractivity contribution in [2.24, 2.45) is 5.10 Å². The Morgan fingerprint density at radius 2 is 1.94 bits per heavy atom. The highest BCUT2D eigenvalue weighted by atomic mass is 16.5. The van der Waals surface area contributed by atoms with Crippen LogP contribution in [-0.2, 0) is 9.53 Å². The summed E-state index contributed by atoms with van der Waals surface area (Å²) >= 11 is 0. The number of anilines is 1. The molecule has 6 nitrogen and oxygen atoms in total. The molecule has 90 valence electrons. The molecule has 0 aromatic heterocycles. The molecule has 0 heterocycles. The predicted molar refractivity (Wildman–Crippen MR) is 63.9 cm³/mol. The number of hydrogen-bond donors (Lipinski definition) is 2. The fourth-order valence-corrected chi connectivity index (χ4v) is 1.06. The van der Waals surface area contributed by atoms with Crippen LogP contribution in [0.1, 0.15) is 12.5 Å². The number of carbonyl (C=O) groups excluding carboxylic acids is 2. The van der Waals surface area contributed by atoms with Gasteiger partial charge in [-0.25, -0.2) is 10.2 Å². The van der Waals surface area contributed by atoms with Crippen LogP contribution in [0.2, 0.25) is 0 Å². The predicted octanol–water partition coefficient (Wildman–Crippen LogP) is 1.33. The number of carbonyl (C=O) groups is 2. The summed E-state index contributed by atoms with van der Waals surface area (Å²) < 4.78 is 4.34. The lowest BCUT2D eigenvalue weighted by Gasteiger charge is -2.01. The lowest BCUT2D eigenvalue weighted by Crippen LogP contribution is -2.16. The molecule has 0 spiro atoms. The second-order valence-electron chi connectivity index (χ2n) is 3.16. The van der Waals surface area contributed by atoms with E-state index in [-0.39, 0.29) is 5.91 Å². The van der Waals surface area contributed by atoms with Gasteiger partial charge in [-0.2, -0.15) is 5.10 Å². The number of methoxy groups -OCH3 is 1. The highest BCUT2D eigenvalue weighted by Gasteiger charge is 1.95. The number of ether oxygens (including phenoxy) is 1. The van der Waals surface area contributed by atoms with E-state index < -0.39 is 6.09 Å². The van der Waals surface area contributed by atoms with E-state index in [2.05, 4.69) is 20.6 Å². The van der Waals surface area contributed by atoms with Gasteiger partial charge in [-0.05, 0) is 17.7 Å². The molecule has 0 aliphatic rings. The smallest absolute Gasteiger partial charge is 0.427 e. The van der Waals surface area contributed by atoms with E-state index in [1.165, 1.54) is 20.2 Å². The van der Waals surface area contributed by atoms with E-state index in [0.29, 0.717) is 5.69 Å². The topological polar surface area (TPSA) is 79.8 Å². The largest absolute Gasteiger partial charge is 0.452 e. The van der Waals surface area contributed by atoms with E-state index in [1.807, 2.05) is 0 Å². The molecule has 0 bridgehead atoms. The quantitative estimate of drug-likeness (QED) is 0.612. The van der Waals surface area contributed by atoms with Crippen LogP contribution >= 0.6 is 0 Å². The SMILES string of the molecule is COC(=O)N/N=C\c1ccc(NC(C)=O)cc1. The Morgan fingerprint density at radius 1 is 1.29 bits per heavy atom. The minimum absolute atomic E-state index is 0.126. The number of hydrazone groups is 1. The molecule has 1 rings (SSSR count). The second-order valence-corrected chi connectivity index (χ2v) is 3.16. The summed E-state index contributed by atoms with van der Waals surface area (Å²) in [5.41, 5.74) is 3.66. The van der Waals surface area contributed by atoms with Crippen LogP contribution in [0.4, 0.5) is 10.5 Å². The van der Waals surface area contributed by atoms with Crippen molar-refractivity contribution < 1.29 is 14.3 Å². The van der Waals surface area contributed by atoms with Gasteiger partial charge in [0.2, 0.25) is 5.91 Å². The number of nitrogens with one attached hydrogen (secondary N) is 2. The van der Waals surface area contributed by atoms with Gasteiger partial charge in [0.1, 0.15) is 0 Å². The van der Waals surface area contributed by atoms with Crippen LogP contribution in [0.5, 0.6) is 0 Å². The van der Waals surface area contributed by atoms with E-state index in [9.17, 15) is 9.59 Å². The molecule has 0 saturated heterocycles. The molecule has 17 heavy (non-hydrogen) atoms. The molecule has 0 radical (unpaired) electrons. The van der Waals surface area contributed by atoms with Gasteiger partial charge in [-0.3, -0.25) is 4.79 Å². The molecule has 0 aliphatic carbocycles. The van der Waals surface area contributed by atoms with Crippen LogP contribution < -0.4 is 10.7 Å². The molecule has 0 aliphatic heterocycles. The normalized spacial score (nSPS) is 10.0. The first kappa shape index (κ1) is 12.7. The average Bonchev–Trinajstić information content (AvgIpc) is 2.30. The molecule has 0 unspecified atom stereocenters. The molecule has 2 N–H and O–H groups in total. The summed E-state index contributed by atoms with van der Waals surface area (Å²) in [5.74, 6) is -0.126. The standard InChI is InChI=1S/C11H13N3O3/c1-8(15)13-10-5-3-9(4-6-10)7-12-14-11(16)17-2/h3-7H,1-2H3,(H,13,15)(H,14,16)/b12-7-. The maximum absolute atomic E-state index is 10.8. The first-order valence-corrected chi connectivity index (χ1v) is 4.86. The van der Waals surface area contributed by atoms with E-state index in [4.69, 9.17) is 0 Å². The summed E-state index contributed by atoms with van der Waals surface area (Å²) in [6.45, 7) is 1.44. The number of rotatable bonds is 3. The van der Waals surface area contributed by atoms with Crippen molar-refractivity contribution in [3.63, 3.8) is 0 Å². The van der Waals surface area contributed by atoms with E-state index in [0.717, 1.165) is 5.56 Å². The minimum Gasteiger partial charge on any atom is -0.452 e. The van der Waals surface area contributed by atoms with Gasteiger partial charge in [0.15, 0.2) is 0 Å². The average molecular weight is 235 g/mol. The van der Waals surface area contributed by atoms with E-state index in [1.54, 1.807) is 24.3 Å². The maximum Gasteiger partial charge on any atom is 0.427 e. The van der Waals surface area contributed by atoms with Gasteiger partial charge in [0.25, 0.3) is 0 Å². The highest BCUT2D eigenvalue weighted by molar-refractivity contribution is 5.89. The van der Waals surface area contributed by atoms with Crippen molar-refractivity contribution in [3.8, 4) is 0 Å². The first-order chi connectivity index (χ1) is 8.11. The maximum atomic E-state index is 10.8. The Hall–Kier alpha value is -2.37. The third-order valence-corrected chi connectivity index (χ3v) is 1.79. The Labute approximate surface area is 98.7 Å². The highest BCUT2D eigenvalue weighted by Crippen LogP contribution is 2.07. The molecule has 1 aromatic carbocycles. The Bertz CT molecular complexity index is 426. The summed E-state index contributed by atoms with van der Waals surface area (Å²) in [4.78, 5) is 21.5. The lowest BCUT2D eigenvalue weighted by molar-refractivity contribution is -0.114. The number of amides is 2. The molecule has 6 heteroatoms. The first-order valence-electron chi connectivity index (χ1n) is 4.86. The lowest BCUT2D eigenvalue weighted by atomic mass is 10.2. The van der Waals surface area contributed by atoms with Gasteiger partial charge < -0.3 is 10.1 Å². The van der Waals surface area contributed by atoms with Crippen LogP contribution in [0.15, 0.2) is 29.4 Å². The monoisotopic (exact) mass is 235 g/mol. The van der Waals surface area contributed by atoms with Crippen molar-refractivity contribution in [1.82, 2.24) is 5.43 Å². The zero-order valence-electron chi connectivity index (χ0n) is 9.56. The van der Waals surface area contributed by atoms with Gasteiger partial charge in [0.05, 0.1) is 13.3 Å².